The van der Waals surface area contributed by atoms with Gasteiger partial charge in [-0.1, -0.05) is 33.1 Å². The second kappa shape index (κ2) is 4.45. The molecule has 0 amide bonds. The molecule has 2 rings (SSSR count). The zero-order chi connectivity index (χ0) is 10.9. The Morgan fingerprint density at radius 3 is 2.27 bits per heavy atom. The SMILES string of the molecule is CC(C)C1CCC2(CCCCC2)CN1C. The smallest absolute Gasteiger partial charge is 0.0116 e. The summed E-state index contributed by atoms with van der Waals surface area (Å²) in [5.41, 5.74) is 0.721. The van der Waals surface area contributed by atoms with E-state index in [2.05, 4.69) is 25.8 Å². The van der Waals surface area contributed by atoms with Gasteiger partial charge < -0.3 is 4.90 Å². The minimum Gasteiger partial charge on any atom is -0.303 e. The minimum absolute atomic E-state index is 0.721. The van der Waals surface area contributed by atoms with Crippen LogP contribution in [-0.2, 0) is 0 Å². The lowest BCUT2D eigenvalue weighted by Crippen LogP contribution is -2.49. The third-order valence-corrected chi connectivity index (χ3v) is 4.81. The van der Waals surface area contributed by atoms with Gasteiger partial charge in [0.05, 0.1) is 0 Å². The Hall–Kier alpha value is -0.0400. The van der Waals surface area contributed by atoms with Gasteiger partial charge in [-0.2, -0.15) is 0 Å². The lowest BCUT2D eigenvalue weighted by molar-refractivity contribution is 0.0166. The van der Waals surface area contributed by atoms with E-state index in [0.29, 0.717) is 0 Å². The Bertz CT molecular complexity index is 203. The predicted molar refractivity (Wildman–Crippen MR) is 66.0 cm³/mol. The number of piperidine rings is 1. The molecule has 1 heteroatoms. The fourth-order valence-corrected chi connectivity index (χ4v) is 3.95. The molecular weight excluding hydrogens is 182 g/mol. The highest BCUT2D eigenvalue weighted by molar-refractivity contribution is 4.92. The van der Waals surface area contributed by atoms with Gasteiger partial charge in [0, 0.05) is 12.6 Å². The second-order valence-electron chi connectivity index (χ2n) is 6.33. The van der Waals surface area contributed by atoms with Crippen LogP contribution in [0.2, 0.25) is 0 Å². The first-order valence-corrected chi connectivity index (χ1v) is 6.83. The van der Waals surface area contributed by atoms with E-state index >= 15 is 0 Å². The first kappa shape index (κ1) is 11.4. The van der Waals surface area contributed by atoms with Crippen molar-refractivity contribution >= 4 is 0 Å². The van der Waals surface area contributed by atoms with Gasteiger partial charge in [0.15, 0.2) is 0 Å². The van der Waals surface area contributed by atoms with Crippen molar-refractivity contribution in [1.29, 1.82) is 0 Å². The zero-order valence-corrected chi connectivity index (χ0v) is 10.8. The van der Waals surface area contributed by atoms with Crippen LogP contribution < -0.4 is 0 Å². The summed E-state index contributed by atoms with van der Waals surface area (Å²) in [6.45, 7) is 6.12. The Morgan fingerprint density at radius 2 is 1.73 bits per heavy atom. The summed E-state index contributed by atoms with van der Waals surface area (Å²) < 4.78 is 0. The summed E-state index contributed by atoms with van der Waals surface area (Å²) in [5, 5.41) is 0. The highest BCUT2D eigenvalue weighted by Crippen LogP contribution is 2.45. The summed E-state index contributed by atoms with van der Waals surface area (Å²) >= 11 is 0. The molecule has 1 atom stereocenters. The third kappa shape index (κ3) is 2.38. The average molecular weight is 209 g/mol. The highest BCUT2D eigenvalue weighted by atomic mass is 15.1. The van der Waals surface area contributed by atoms with E-state index < -0.39 is 0 Å². The molecule has 2 fully saturated rings. The van der Waals surface area contributed by atoms with Gasteiger partial charge >= 0.3 is 0 Å². The summed E-state index contributed by atoms with van der Waals surface area (Å²) in [4.78, 5) is 2.65. The number of nitrogens with zero attached hydrogens (tertiary/aromatic N) is 1. The van der Waals surface area contributed by atoms with Crippen LogP contribution in [0, 0.1) is 11.3 Å². The molecular formula is C14H27N. The predicted octanol–water partition coefficient (Wildman–Crippen LogP) is 3.69. The fraction of sp³-hybridized carbons (Fsp3) is 1.00. The van der Waals surface area contributed by atoms with E-state index in [4.69, 9.17) is 0 Å². The standard InChI is InChI=1S/C14H27N/c1-12(2)13-7-10-14(11-15(13)3)8-5-4-6-9-14/h12-13H,4-11H2,1-3H3. The summed E-state index contributed by atoms with van der Waals surface area (Å²) in [6, 6.07) is 0.845. The largest absolute Gasteiger partial charge is 0.303 e. The maximum atomic E-state index is 2.65. The van der Waals surface area contributed by atoms with Crippen molar-refractivity contribution in [2.45, 2.75) is 64.8 Å². The molecule has 1 aliphatic carbocycles. The summed E-state index contributed by atoms with van der Waals surface area (Å²) in [7, 11) is 2.35. The number of likely N-dealkylation sites (tertiary alicyclic amines) is 1. The van der Waals surface area contributed by atoms with Crippen LogP contribution >= 0.6 is 0 Å². The molecule has 0 aromatic carbocycles. The van der Waals surface area contributed by atoms with Crippen molar-refractivity contribution in [3.63, 3.8) is 0 Å². The molecule has 1 saturated heterocycles. The van der Waals surface area contributed by atoms with Gasteiger partial charge in [0.2, 0.25) is 0 Å². The van der Waals surface area contributed by atoms with Crippen molar-refractivity contribution in [2.24, 2.45) is 11.3 Å². The topological polar surface area (TPSA) is 3.24 Å². The molecule has 1 unspecified atom stereocenters. The number of hydrogen-bond donors (Lipinski definition) is 0. The Kier molecular flexibility index (Phi) is 3.39. The van der Waals surface area contributed by atoms with Gasteiger partial charge in [-0.05, 0) is 44.1 Å². The van der Waals surface area contributed by atoms with Crippen LogP contribution in [0.5, 0.6) is 0 Å². The molecule has 1 spiro atoms. The van der Waals surface area contributed by atoms with Crippen LogP contribution in [-0.4, -0.2) is 24.5 Å². The molecule has 1 saturated carbocycles. The molecule has 0 aromatic rings. The maximum absolute atomic E-state index is 2.65. The van der Waals surface area contributed by atoms with Crippen LogP contribution in [0.15, 0.2) is 0 Å². The molecule has 2 aliphatic rings. The van der Waals surface area contributed by atoms with E-state index in [1.54, 1.807) is 0 Å². The molecule has 1 nitrogen and oxygen atoms in total. The van der Waals surface area contributed by atoms with Crippen LogP contribution in [0.1, 0.15) is 58.8 Å². The van der Waals surface area contributed by atoms with Gasteiger partial charge in [-0.3, -0.25) is 0 Å². The van der Waals surface area contributed by atoms with E-state index in [0.717, 1.165) is 17.4 Å². The second-order valence-corrected chi connectivity index (χ2v) is 6.33. The van der Waals surface area contributed by atoms with Gasteiger partial charge in [0.25, 0.3) is 0 Å². The molecule has 0 N–H and O–H groups in total. The number of hydrogen-bond acceptors (Lipinski definition) is 1. The molecule has 88 valence electrons. The van der Waals surface area contributed by atoms with Gasteiger partial charge in [-0.15, -0.1) is 0 Å². The van der Waals surface area contributed by atoms with Crippen molar-refractivity contribution in [1.82, 2.24) is 4.90 Å². The third-order valence-electron chi connectivity index (χ3n) is 4.81. The quantitative estimate of drug-likeness (QED) is 0.636. The Labute approximate surface area is 95.2 Å². The van der Waals surface area contributed by atoms with Crippen molar-refractivity contribution in [3.8, 4) is 0 Å². The van der Waals surface area contributed by atoms with E-state index in [9.17, 15) is 0 Å². The lowest BCUT2D eigenvalue weighted by Gasteiger charge is -2.49. The summed E-state index contributed by atoms with van der Waals surface area (Å²) in [5.74, 6) is 0.830. The Balaban J connectivity index is 1.97. The normalized spacial score (nSPS) is 32.4. The van der Waals surface area contributed by atoms with Crippen LogP contribution in [0.3, 0.4) is 0 Å². The minimum atomic E-state index is 0.721. The van der Waals surface area contributed by atoms with Crippen molar-refractivity contribution in [2.75, 3.05) is 13.6 Å². The summed E-state index contributed by atoms with van der Waals surface area (Å²) in [6.07, 6.45) is 10.4. The van der Waals surface area contributed by atoms with E-state index in [1.165, 1.54) is 51.5 Å². The highest BCUT2D eigenvalue weighted by Gasteiger charge is 2.39. The first-order chi connectivity index (χ1) is 7.13. The van der Waals surface area contributed by atoms with E-state index in [1.807, 2.05) is 0 Å². The Morgan fingerprint density at radius 1 is 1.07 bits per heavy atom. The molecule has 15 heavy (non-hydrogen) atoms. The van der Waals surface area contributed by atoms with Gasteiger partial charge in [0.1, 0.15) is 0 Å². The van der Waals surface area contributed by atoms with Crippen molar-refractivity contribution in [3.05, 3.63) is 0 Å². The monoisotopic (exact) mass is 209 g/mol. The molecule has 1 aliphatic heterocycles. The average Bonchev–Trinajstić information content (AvgIpc) is 2.18. The van der Waals surface area contributed by atoms with Gasteiger partial charge in [-0.25, -0.2) is 0 Å². The fourth-order valence-electron chi connectivity index (χ4n) is 3.95. The van der Waals surface area contributed by atoms with Crippen molar-refractivity contribution < 1.29 is 0 Å². The molecule has 0 aromatic heterocycles. The molecule has 0 radical (unpaired) electrons. The molecule has 1 heterocycles. The first-order valence-electron chi connectivity index (χ1n) is 6.83. The van der Waals surface area contributed by atoms with Crippen LogP contribution in [0.4, 0.5) is 0 Å². The maximum Gasteiger partial charge on any atom is 0.0116 e. The zero-order valence-electron chi connectivity index (χ0n) is 10.8. The molecule has 0 bridgehead atoms. The van der Waals surface area contributed by atoms with Crippen LogP contribution in [0.25, 0.3) is 0 Å². The number of rotatable bonds is 1. The van der Waals surface area contributed by atoms with E-state index in [-0.39, 0.29) is 0 Å². The lowest BCUT2D eigenvalue weighted by atomic mass is 9.67.